The Hall–Kier alpha value is -1.82. The molecule has 1 rings (SSSR count). The standard InChI is InChI=1S/C18H32N4O2/c1-6-19-18(20-12-11-16(14(3)4)24-7-2)21-13-15-9-8-10-17(22-15)23-5/h8-10,14,16H,6-7,11-13H2,1-5H3,(H2,19,20,21). The molecule has 0 radical (unpaired) electrons. The predicted molar refractivity (Wildman–Crippen MR) is 98.5 cm³/mol. The third-order valence-corrected chi connectivity index (χ3v) is 3.58. The normalized spacial score (nSPS) is 13.0. The smallest absolute Gasteiger partial charge is 0.213 e. The molecular weight excluding hydrogens is 304 g/mol. The van der Waals surface area contributed by atoms with Crippen LogP contribution in [0.15, 0.2) is 23.2 Å². The number of nitrogens with one attached hydrogen (secondary N) is 2. The first-order valence-electron chi connectivity index (χ1n) is 8.74. The summed E-state index contributed by atoms with van der Waals surface area (Å²) in [7, 11) is 1.62. The van der Waals surface area contributed by atoms with Crippen molar-refractivity contribution in [1.82, 2.24) is 15.6 Å². The second-order valence-electron chi connectivity index (χ2n) is 5.82. The third kappa shape index (κ3) is 7.64. The minimum absolute atomic E-state index is 0.269. The third-order valence-electron chi connectivity index (χ3n) is 3.58. The van der Waals surface area contributed by atoms with E-state index in [0.717, 1.165) is 37.8 Å². The van der Waals surface area contributed by atoms with E-state index >= 15 is 0 Å². The van der Waals surface area contributed by atoms with Gasteiger partial charge in [0.05, 0.1) is 25.5 Å². The SMILES string of the molecule is CCNC(=NCc1cccc(OC)n1)NCCC(OCC)C(C)C. The van der Waals surface area contributed by atoms with Crippen molar-refractivity contribution < 1.29 is 9.47 Å². The Labute approximate surface area is 146 Å². The summed E-state index contributed by atoms with van der Waals surface area (Å²) >= 11 is 0. The fourth-order valence-electron chi connectivity index (χ4n) is 2.32. The van der Waals surface area contributed by atoms with Crippen molar-refractivity contribution in [1.29, 1.82) is 0 Å². The molecule has 24 heavy (non-hydrogen) atoms. The number of guanidine groups is 1. The van der Waals surface area contributed by atoms with E-state index in [1.807, 2.05) is 25.1 Å². The van der Waals surface area contributed by atoms with Crippen LogP contribution in [0.25, 0.3) is 0 Å². The molecule has 6 nitrogen and oxygen atoms in total. The molecule has 136 valence electrons. The van der Waals surface area contributed by atoms with Gasteiger partial charge in [-0.05, 0) is 32.3 Å². The van der Waals surface area contributed by atoms with Crippen LogP contribution in [-0.4, -0.2) is 43.9 Å². The van der Waals surface area contributed by atoms with Crippen molar-refractivity contribution in [2.24, 2.45) is 10.9 Å². The number of rotatable bonds is 10. The maximum atomic E-state index is 5.78. The Morgan fingerprint density at radius 1 is 1.25 bits per heavy atom. The van der Waals surface area contributed by atoms with Gasteiger partial charge in [-0.2, -0.15) is 0 Å². The summed E-state index contributed by atoms with van der Waals surface area (Å²) in [5, 5.41) is 6.62. The van der Waals surface area contributed by atoms with E-state index in [4.69, 9.17) is 9.47 Å². The zero-order valence-electron chi connectivity index (χ0n) is 15.6. The van der Waals surface area contributed by atoms with Crippen LogP contribution in [0.3, 0.4) is 0 Å². The Bertz CT molecular complexity index is 492. The average Bonchev–Trinajstić information content (AvgIpc) is 2.58. The lowest BCUT2D eigenvalue weighted by atomic mass is 10.0. The molecule has 0 saturated carbocycles. The van der Waals surface area contributed by atoms with Crippen molar-refractivity contribution in [2.75, 3.05) is 26.8 Å². The van der Waals surface area contributed by atoms with Crippen LogP contribution >= 0.6 is 0 Å². The van der Waals surface area contributed by atoms with Crippen molar-refractivity contribution >= 4 is 5.96 Å². The Morgan fingerprint density at radius 2 is 2.04 bits per heavy atom. The van der Waals surface area contributed by atoms with E-state index in [2.05, 4.69) is 41.4 Å². The minimum Gasteiger partial charge on any atom is -0.481 e. The van der Waals surface area contributed by atoms with E-state index in [9.17, 15) is 0 Å². The molecule has 0 aliphatic rings. The summed E-state index contributed by atoms with van der Waals surface area (Å²) in [5.41, 5.74) is 0.876. The van der Waals surface area contributed by atoms with Crippen molar-refractivity contribution in [3.8, 4) is 5.88 Å². The van der Waals surface area contributed by atoms with E-state index in [1.165, 1.54) is 0 Å². The maximum absolute atomic E-state index is 5.78. The molecular formula is C18H32N4O2. The lowest BCUT2D eigenvalue weighted by molar-refractivity contribution is 0.0258. The van der Waals surface area contributed by atoms with Crippen molar-refractivity contribution in [2.45, 2.75) is 46.8 Å². The summed E-state index contributed by atoms with van der Waals surface area (Å²) < 4.78 is 10.9. The molecule has 0 aliphatic carbocycles. The topological polar surface area (TPSA) is 67.8 Å². The van der Waals surface area contributed by atoms with Gasteiger partial charge in [-0.3, -0.25) is 0 Å². The molecule has 6 heteroatoms. The lowest BCUT2D eigenvalue weighted by Crippen LogP contribution is -2.39. The summed E-state index contributed by atoms with van der Waals surface area (Å²) in [6.07, 6.45) is 1.22. The molecule has 2 N–H and O–H groups in total. The molecule has 0 fully saturated rings. The molecule has 0 amide bonds. The van der Waals surface area contributed by atoms with Gasteiger partial charge in [-0.1, -0.05) is 19.9 Å². The van der Waals surface area contributed by atoms with Crippen LogP contribution in [0.4, 0.5) is 0 Å². The molecule has 0 spiro atoms. The van der Waals surface area contributed by atoms with Gasteiger partial charge in [-0.25, -0.2) is 9.98 Å². The number of hydrogen-bond donors (Lipinski definition) is 2. The average molecular weight is 336 g/mol. The number of hydrogen-bond acceptors (Lipinski definition) is 4. The minimum atomic E-state index is 0.269. The van der Waals surface area contributed by atoms with Crippen molar-refractivity contribution in [3.05, 3.63) is 23.9 Å². The van der Waals surface area contributed by atoms with E-state index < -0.39 is 0 Å². The number of methoxy groups -OCH3 is 1. The van der Waals surface area contributed by atoms with Gasteiger partial charge >= 0.3 is 0 Å². The van der Waals surface area contributed by atoms with Crippen LogP contribution in [0, 0.1) is 5.92 Å². The number of aliphatic imine (C=N–C) groups is 1. The Morgan fingerprint density at radius 3 is 2.67 bits per heavy atom. The van der Waals surface area contributed by atoms with Crippen LogP contribution in [0.2, 0.25) is 0 Å². The lowest BCUT2D eigenvalue weighted by Gasteiger charge is -2.21. The number of ether oxygens (including phenoxy) is 2. The molecule has 1 atom stereocenters. The Kier molecular flexibility index (Phi) is 9.84. The molecule has 0 aliphatic heterocycles. The zero-order chi connectivity index (χ0) is 17.8. The van der Waals surface area contributed by atoms with Gasteiger partial charge in [0.25, 0.3) is 0 Å². The molecule has 1 unspecified atom stereocenters. The maximum Gasteiger partial charge on any atom is 0.213 e. The highest BCUT2D eigenvalue weighted by molar-refractivity contribution is 5.79. The van der Waals surface area contributed by atoms with E-state index in [-0.39, 0.29) is 6.10 Å². The van der Waals surface area contributed by atoms with E-state index in [0.29, 0.717) is 18.3 Å². The van der Waals surface area contributed by atoms with Crippen LogP contribution in [0.5, 0.6) is 5.88 Å². The summed E-state index contributed by atoms with van der Waals surface area (Å²) in [6.45, 7) is 11.4. The quantitative estimate of drug-likeness (QED) is 0.508. The number of pyridine rings is 1. The highest BCUT2D eigenvalue weighted by atomic mass is 16.5. The van der Waals surface area contributed by atoms with Gasteiger partial charge in [0, 0.05) is 25.8 Å². The van der Waals surface area contributed by atoms with Gasteiger partial charge < -0.3 is 20.1 Å². The zero-order valence-corrected chi connectivity index (χ0v) is 15.6. The molecule has 1 heterocycles. The van der Waals surface area contributed by atoms with Crippen molar-refractivity contribution in [3.63, 3.8) is 0 Å². The van der Waals surface area contributed by atoms with Gasteiger partial charge in [0.2, 0.25) is 5.88 Å². The first kappa shape index (κ1) is 20.2. The van der Waals surface area contributed by atoms with Gasteiger partial charge in [0.15, 0.2) is 5.96 Å². The predicted octanol–water partition coefficient (Wildman–Crippen LogP) is 2.60. The Balaban J connectivity index is 2.55. The highest BCUT2D eigenvalue weighted by Crippen LogP contribution is 2.10. The second kappa shape index (κ2) is 11.7. The number of aromatic nitrogens is 1. The van der Waals surface area contributed by atoms with Crippen LogP contribution < -0.4 is 15.4 Å². The monoisotopic (exact) mass is 336 g/mol. The molecule has 1 aromatic rings. The summed E-state index contributed by atoms with van der Waals surface area (Å²) in [4.78, 5) is 8.96. The molecule has 1 aromatic heterocycles. The molecule has 0 bridgehead atoms. The first-order valence-corrected chi connectivity index (χ1v) is 8.74. The second-order valence-corrected chi connectivity index (χ2v) is 5.82. The highest BCUT2D eigenvalue weighted by Gasteiger charge is 2.12. The van der Waals surface area contributed by atoms with Crippen LogP contribution in [0.1, 0.15) is 39.8 Å². The first-order chi connectivity index (χ1) is 11.6. The summed E-state index contributed by atoms with van der Waals surface area (Å²) in [5.74, 6) is 1.91. The fourth-order valence-corrected chi connectivity index (χ4v) is 2.32. The largest absolute Gasteiger partial charge is 0.481 e. The summed E-state index contributed by atoms with van der Waals surface area (Å²) in [6, 6.07) is 5.70. The molecule has 0 saturated heterocycles. The van der Waals surface area contributed by atoms with E-state index in [1.54, 1.807) is 7.11 Å². The van der Waals surface area contributed by atoms with Gasteiger partial charge in [-0.15, -0.1) is 0 Å². The fraction of sp³-hybridized carbons (Fsp3) is 0.667. The number of nitrogens with zero attached hydrogens (tertiary/aromatic N) is 2. The van der Waals surface area contributed by atoms with Crippen LogP contribution in [-0.2, 0) is 11.3 Å². The molecule has 0 aromatic carbocycles. The van der Waals surface area contributed by atoms with Gasteiger partial charge in [0.1, 0.15) is 0 Å².